The lowest BCUT2D eigenvalue weighted by atomic mass is 9.67. The highest BCUT2D eigenvalue weighted by Crippen LogP contribution is 2.63. The van der Waals surface area contributed by atoms with E-state index in [0.29, 0.717) is 5.82 Å². The van der Waals surface area contributed by atoms with Gasteiger partial charge in [0.15, 0.2) is 5.82 Å². The van der Waals surface area contributed by atoms with Crippen molar-refractivity contribution in [3.63, 3.8) is 0 Å². The van der Waals surface area contributed by atoms with Gasteiger partial charge in [-0.05, 0) is 73.5 Å². The summed E-state index contributed by atoms with van der Waals surface area (Å²) in [6.45, 7) is 0. The maximum atomic E-state index is 5.18. The largest absolute Gasteiger partial charge is 0.228 e. The first-order valence-corrected chi connectivity index (χ1v) is 19.2. The van der Waals surface area contributed by atoms with Crippen LogP contribution in [0.15, 0.2) is 204 Å². The van der Waals surface area contributed by atoms with Crippen molar-refractivity contribution in [1.82, 2.24) is 9.97 Å². The molecule has 0 N–H and O–H groups in total. The quantitative estimate of drug-likeness (QED) is 0.182. The molecule has 252 valence electrons. The Hall–Kier alpha value is -6.55. The molecule has 2 nitrogen and oxygen atoms in total. The van der Waals surface area contributed by atoms with Gasteiger partial charge in [-0.3, -0.25) is 0 Å². The zero-order valence-electron chi connectivity index (χ0n) is 29.3. The van der Waals surface area contributed by atoms with Crippen molar-refractivity contribution < 1.29 is 0 Å². The Kier molecular flexibility index (Phi) is 7.05. The van der Waals surface area contributed by atoms with Crippen LogP contribution in [0.4, 0.5) is 0 Å². The molecule has 1 aliphatic heterocycles. The van der Waals surface area contributed by atoms with Crippen molar-refractivity contribution in [1.29, 1.82) is 0 Å². The zero-order valence-corrected chi connectivity index (χ0v) is 30.1. The average molecular weight is 705 g/mol. The maximum Gasteiger partial charge on any atom is 0.160 e. The van der Waals surface area contributed by atoms with Gasteiger partial charge in [0.1, 0.15) is 0 Å². The highest BCUT2D eigenvalue weighted by Gasteiger charge is 2.50. The van der Waals surface area contributed by atoms with Crippen molar-refractivity contribution >= 4 is 22.5 Å². The molecule has 3 heteroatoms. The van der Waals surface area contributed by atoms with Crippen LogP contribution in [-0.2, 0) is 5.41 Å². The summed E-state index contributed by atoms with van der Waals surface area (Å²) in [5, 5.41) is 2.41. The van der Waals surface area contributed by atoms with Gasteiger partial charge in [0.2, 0.25) is 0 Å². The molecular weight excluding hydrogens is 673 g/mol. The van der Waals surface area contributed by atoms with Gasteiger partial charge in [-0.25, -0.2) is 9.97 Å². The number of rotatable bonds is 4. The molecule has 0 radical (unpaired) electrons. The zero-order chi connectivity index (χ0) is 35.6. The highest BCUT2D eigenvalue weighted by atomic mass is 32.2. The summed E-state index contributed by atoms with van der Waals surface area (Å²) in [5.74, 6) is 0.711. The summed E-state index contributed by atoms with van der Waals surface area (Å²) < 4.78 is 0. The molecule has 8 aromatic carbocycles. The van der Waals surface area contributed by atoms with Crippen LogP contribution < -0.4 is 0 Å². The number of nitrogens with zero attached hydrogens (tertiary/aromatic N) is 2. The molecule has 2 heterocycles. The molecule has 0 saturated heterocycles. The molecule has 0 saturated carbocycles. The van der Waals surface area contributed by atoms with Crippen LogP contribution in [0.3, 0.4) is 0 Å². The van der Waals surface area contributed by atoms with Crippen molar-refractivity contribution in [3.8, 4) is 56.2 Å². The number of hydrogen-bond donors (Lipinski definition) is 0. The van der Waals surface area contributed by atoms with E-state index in [1.807, 2.05) is 17.8 Å². The van der Waals surface area contributed by atoms with Crippen LogP contribution >= 0.6 is 11.8 Å². The molecule has 11 rings (SSSR count). The molecule has 0 bridgehead atoms. The van der Waals surface area contributed by atoms with Gasteiger partial charge in [-0.15, -0.1) is 0 Å². The Morgan fingerprint density at radius 2 is 0.907 bits per heavy atom. The molecule has 9 aromatic rings. The molecule has 0 atom stereocenters. The summed E-state index contributed by atoms with van der Waals surface area (Å²) in [6, 6.07) is 70.2. The van der Waals surface area contributed by atoms with Gasteiger partial charge in [0, 0.05) is 26.5 Å². The number of fused-ring (bicyclic) bond motifs is 10. The predicted octanol–water partition coefficient (Wildman–Crippen LogP) is 13.1. The predicted molar refractivity (Wildman–Crippen MR) is 223 cm³/mol. The van der Waals surface area contributed by atoms with Crippen LogP contribution in [0.25, 0.3) is 66.9 Å². The monoisotopic (exact) mass is 704 g/mol. The third-order valence-corrected chi connectivity index (χ3v) is 12.4. The lowest BCUT2D eigenvalue weighted by Gasteiger charge is -2.40. The minimum atomic E-state index is -0.398. The van der Waals surface area contributed by atoms with Crippen molar-refractivity contribution in [2.45, 2.75) is 15.2 Å². The van der Waals surface area contributed by atoms with E-state index in [-0.39, 0.29) is 0 Å². The maximum absolute atomic E-state index is 5.18. The van der Waals surface area contributed by atoms with Gasteiger partial charge in [-0.2, -0.15) is 0 Å². The fraction of sp³-hybridized carbons (Fsp3) is 0.0196. The molecule has 1 spiro atoms. The second kappa shape index (κ2) is 12.3. The SMILES string of the molecule is c1ccc(-c2cc(-c3ccc4ccccc4c3)nc(-c3ccc(-c4cccc5c4Sc4ccccc4C54c5ccccc5-c5ccccc54)cc3)n2)cc1. The summed E-state index contributed by atoms with van der Waals surface area (Å²) >= 11 is 1.89. The molecular formula is C51H32N2S. The molecule has 0 fully saturated rings. The average Bonchev–Trinajstić information content (AvgIpc) is 3.54. The van der Waals surface area contributed by atoms with Crippen LogP contribution in [0.5, 0.6) is 0 Å². The molecule has 54 heavy (non-hydrogen) atoms. The second-order valence-electron chi connectivity index (χ2n) is 14.1. The van der Waals surface area contributed by atoms with E-state index in [1.54, 1.807) is 0 Å². The molecule has 1 aromatic heterocycles. The summed E-state index contributed by atoms with van der Waals surface area (Å²) in [5.41, 5.74) is 15.0. The van der Waals surface area contributed by atoms with Gasteiger partial charge < -0.3 is 0 Å². The van der Waals surface area contributed by atoms with Gasteiger partial charge in [0.05, 0.1) is 16.8 Å². The fourth-order valence-electron chi connectivity index (χ4n) is 8.73. The van der Waals surface area contributed by atoms with Gasteiger partial charge >= 0.3 is 0 Å². The standard InChI is InChI=1S/C51H32N2S/c1-2-14-35(15-3-1)46-32-47(38-30-25-33-13-4-5-16-37(33)31-38)53-50(52-46)36-28-26-34(27-29-36)39-19-12-23-45-49(39)54-48-24-11-10-22-44(48)51(45)42-20-8-6-17-40(42)41-18-7-9-21-43(41)51/h1-32H. The normalized spacial score (nSPS) is 13.3. The minimum Gasteiger partial charge on any atom is -0.228 e. The van der Waals surface area contributed by atoms with E-state index >= 15 is 0 Å². The van der Waals surface area contributed by atoms with E-state index in [1.165, 1.54) is 65.1 Å². The molecule has 0 unspecified atom stereocenters. The van der Waals surface area contributed by atoms with E-state index in [4.69, 9.17) is 9.97 Å². The molecule has 2 aliphatic rings. The number of aromatic nitrogens is 2. The van der Waals surface area contributed by atoms with E-state index in [2.05, 4.69) is 188 Å². The van der Waals surface area contributed by atoms with Gasteiger partial charge in [-0.1, -0.05) is 188 Å². The van der Waals surface area contributed by atoms with Gasteiger partial charge in [0.25, 0.3) is 0 Å². The smallest absolute Gasteiger partial charge is 0.160 e. The fourth-order valence-corrected chi connectivity index (χ4v) is 10.1. The third kappa shape index (κ3) is 4.68. The molecule has 0 amide bonds. The molecule has 1 aliphatic carbocycles. The van der Waals surface area contributed by atoms with Crippen LogP contribution in [0, 0.1) is 0 Å². The Morgan fingerprint density at radius 1 is 0.352 bits per heavy atom. The van der Waals surface area contributed by atoms with Crippen LogP contribution in [-0.4, -0.2) is 9.97 Å². The third-order valence-electron chi connectivity index (χ3n) is 11.2. The number of hydrogen-bond acceptors (Lipinski definition) is 3. The summed E-state index contributed by atoms with van der Waals surface area (Å²) in [6.07, 6.45) is 0. The Bertz CT molecular complexity index is 2870. The summed E-state index contributed by atoms with van der Waals surface area (Å²) in [7, 11) is 0. The Labute approximate surface area is 318 Å². The first-order chi connectivity index (χ1) is 26.8. The first-order valence-electron chi connectivity index (χ1n) is 18.4. The minimum absolute atomic E-state index is 0.398. The van der Waals surface area contributed by atoms with E-state index < -0.39 is 5.41 Å². The summed E-state index contributed by atoms with van der Waals surface area (Å²) in [4.78, 5) is 12.9. The topological polar surface area (TPSA) is 25.8 Å². The highest BCUT2D eigenvalue weighted by molar-refractivity contribution is 7.99. The van der Waals surface area contributed by atoms with Crippen LogP contribution in [0.1, 0.15) is 22.3 Å². The van der Waals surface area contributed by atoms with Crippen molar-refractivity contribution in [2.24, 2.45) is 0 Å². The van der Waals surface area contributed by atoms with Crippen molar-refractivity contribution in [3.05, 3.63) is 216 Å². The van der Waals surface area contributed by atoms with E-state index in [9.17, 15) is 0 Å². The second-order valence-corrected chi connectivity index (χ2v) is 15.1. The Balaban J connectivity index is 1.05. The van der Waals surface area contributed by atoms with E-state index in [0.717, 1.165) is 28.1 Å². The Morgan fingerprint density at radius 3 is 1.67 bits per heavy atom. The van der Waals surface area contributed by atoms with Crippen LogP contribution in [0.2, 0.25) is 0 Å². The number of benzene rings is 8. The lowest BCUT2D eigenvalue weighted by molar-refractivity contribution is 0.723. The van der Waals surface area contributed by atoms with Crippen molar-refractivity contribution in [2.75, 3.05) is 0 Å². The first kappa shape index (κ1) is 31.0. The lowest BCUT2D eigenvalue weighted by Crippen LogP contribution is -2.32.